The molecule has 0 aliphatic rings. The molecule has 30 heavy (non-hydrogen) atoms. The van der Waals surface area contributed by atoms with Gasteiger partial charge in [-0.1, -0.05) is 36.4 Å². The number of rotatable bonds is 6. The lowest BCUT2D eigenvalue weighted by Crippen LogP contribution is -2.15. The van der Waals surface area contributed by atoms with E-state index in [0.717, 1.165) is 6.07 Å². The summed E-state index contributed by atoms with van der Waals surface area (Å²) in [6.45, 7) is 3.30. The Balaban J connectivity index is 2.12. The van der Waals surface area contributed by atoms with Crippen molar-refractivity contribution in [2.75, 3.05) is 7.11 Å². The van der Waals surface area contributed by atoms with Crippen LogP contribution in [0.1, 0.15) is 53.6 Å². The highest BCUT2D eigenvalue weighted by Gasteiger charge is 2.28. The van der Waals surface area contributed by atoms with Gasteiger partial charge in [0.15, 0.2) is 11.6 Å². The average Bonchev–Trinajstić information content (AvgIpc) is 3.05. The van der Waals surface area contributed by atoms with Crippen molar-refractivity contribution in [1.29, 1.82) is 0 Å². The van der Waals surface area contributed by atoms with Crippen LogP contribution in [0.25, 0.3) is 0 Å². The predicted molar refractivity (Wildman–Crippen MR) is 108 cm³/mol. The molecule has 3 rings (SSSR count). The van der Waals surface area contributed by atoms with Gasteiger partial charge in [0.2, 0.25) is 0 Å². The van der Waals surface area contributed by atoms with Gasteiger partial charge in [0.05, 0.1) is 23.2 Å². The van der Waals surface area contributed by atoms with Gasteiger partial charge in [-0.05, 0) is 13.8 Å². The van der Waals surface area contributed by atoms with E-state index in [9.17, 15) is 24.5 Å². The maximum Gasteiger partial charge on any atom is 0.340 e. The molecule has 3 aromatic rings. The number of nitrogens with zero attached hydrogens (tertiary/aromatic N) is 1. The fraction of sp³-hybridized carbons (Fsp3) is 0.136. The number of methoxy groups -OCH3 is 1. The van der Waals surface area contributed by atoms with Gasteiger partial charge in [0.25, 0.3) is 5.69 Å². The Morgan fingerprint density at radius 3 is 2.10 bits per heavy atom. The molecular formula is C22H18N2O6. The van der Waals surface area contributed by atoms with E-state index in [-0.39, 0.29) is 33.5 Å². The highest BCUT2D eigenvalue weighted by atomic mass is 16.6. The van der Waals surface area contributed by atoms with Crippen molar-refractivity contribution in [2.24, 2.45) is 0 Å². The van der Waals surface area contributed by atoms with Crippen LogP contribution >= 0.6 is 0 Å². The third kappa shape index (κ3) is 3.62. The maximum absolute atomic E-state index is 13.4. The summed E-state index contributed by atoms with van der Waals surface area (Å²) < 4.78 is 4.80. The number of esters is 1. The number of carbonyl (C=O) groups is 3. The maximum atomic E-state index is 13.4. The van der Waals surface area contributed by atoms with Crippen molar-refractivity contribution in [3.63, 3.8) is 0 Å². The van der Waals surface area contributed by atoms with Crippen molar-refractivity contribution in [1.82, 2.24) is 4.98 Å². The molecule has 0 bridgehead atoms. The standard InChI is InChI=1S/C22H18N2O6/c1-12-18(19(13(2)23-12)22(27)30-3)21(26)17-10-5-4-9-16(17)20(25)14-7-6-8-15(11-14)24(28)29/h4-11,23H,1-3H3. The number of non-ortho nitro benzene ring substituents is 1. The topological polar surface area (TPSA) is 119 Å². The number of H-pyrrole nitrogens is 1. The van der Waals surface area contributed by atoms with E-state index in [4.69, 9.17) is 4.74 Å². The van der Waals surface area contributed by atoms with Crippen LogP contribution in [-0.4, -0.2) is 34.6 Å². The number of ketones is 2. The van der Waals surface area contributed by atoms with Crippen LogP contribution in [0.4, 0.5) is 5.69 Å². The van der Waals surface area contributed by atoms with Gasteiger partial charge in [-0.15, -0.1) is 0 Å². The number of hydrogen-bond acceptors (Lipinski definition) is 6. The summed E-state index contributed by atoms with van der Waals surface area (Å²) in [7, 11) is 1.22. The second-order valence-corrected chi connectivity index (χ2v) is 6.63. The third-order valence-corrected chi connectivity index (χ3v) is 4.73. The number of aryl methyl sites for hydroxylation is 2. The van der Waals surface area contributed by atoms with Gasteiger partial charge in [-0.3, -0.25) is 19.7 Å². The molecular weight excluding hydrogens is 388 g/mol. The predicted octanol–water partition coefficient (Wildman–Crippen LogP) is 3.79. The Morgan fingerprint density at radius 1 is 0.900 bits per heavy atom. The molecule has 0 spiro atoms. The molecule has 0 fully saturated rings. The van der Waals surface area contributed by atoms with Crippen molar-refractivity contribution in [3.8, 4) is 0 Å². The van der Waals surface area contributed by atoms with Gasteiger partial charge < -0.3 is 9.72 Å². The molecule has 1 N–H and O–H groups in total. The Hall–Kier alpha value is -4.07. The lowest BCUT2D eigenvalue weighted by Gasteiger charge is -2.10. The normalized spacial score (nSPS) is 10.5. The Bertz CT molecular complexity index is 1190. The van der Waals surface area contributed by atoms with Crippen LogP contribution in [0.2, 0.25) is 0 Å². The Morgan fingerprint density at radius 2 is 1.50 bits per heavy atom. The van der Waals surface area contributed by atoms with E-state index in [2.05, 4.69) is 4.98 Å². The molecule has 8 nitrogen and oxygen atoms in total. The van der Waals surface area contributed by atoms with E-state index in [1.54, 1.807) is 26.0 Å². The van der Waals surface area contributed by atoms with Crippen molar-refractivity contribution >= 4 is 23.2 Å². The first kappa shape index (κ1) is 20.7. The number of aromatic amines is 1. The van der Waals surface area contributed by atoms with Crippen LogP contribution in [0, 0.1) is 24.0 Å². The molecule has 0 aliphatic heterocycles. The molecule has 0 unspecified atom stereocenters. The van der Waals surface area contributed by atoms with Crippen LogP contribution in [-0.2, 0) is 4.74 Å². The summed E-state index contributed by atoms with van der Waals surface area (Å²) in [5.41, 5.74) is 1.20. The highest BCUT2D eigenvalue weighted by molar-refractivity contribution is 6.22. The smallest absolute Gasteiger partial charge is 0.340 e. The number of nitrogens with one attached hydrogen (secondary N) is 1. The minimum absolute atomic E-state index is 0.0806. The molecule has 8 heteroatoms. The molecule has 0 saturated carbocycles. The van der Waals surface area contributed by atoms with Crippen LogP contribution < -0.4 is 0 Å². The van der Waals surface area contributed by atoms with E-state index < -0.39 is 22.5 Å². The second kappa shape index (κ2) is 8.12. The van der Waals surface area contributed by atoms with Crippen molar-refractivity contribution < 1.29 is 24.0 Å². The van der Waals surface area contributed by atoms with Gasteiger partial charge in [-0.2, -0.15) is 0 Å². The average molecular weight is 406 g/mol. The van der Waals surface area contributed by atoms with Crippen molar-refractivity contribution in [3.05, 3.63) is 97.9 Å². The molecule has 0 amide bonds. The van der Waals surface area contributed by atoms with Gasteiger partial charge in [-0.25, -0.2) is 4.79 Å². The summed E-state index contributed by atoms with van der Waals surface area (Å²) in [5, 5.41) is 11.0. The Kier molecular flexibility index (Phi) is 5.59. The number of nitro groups is 1. The molecule has 152 valence electrons. The molecule has 0 aliphatic carbocycles. The Labute approximate surface area is 171 Å². The van der Waals surface area contributed by atoms with Crippen molar-refractivity contribution in [2.45, 2.75) is 13.8 Å². The van der Waals surface area contributed by atoms with Gasteiger partial charge in [0, 0.05) is 40.2 Å². The molecule has 0 atom stereocenters. The quantitative estimate of drug-likeness (QED) is 0.288. The summed E-state index contributed by atoms with van der Waals surface area (Å²) >= 11 is 0. The minimum atomic E-state index is -0.664. The van der Waals surface area contributed by atoms with Gasteiger partial charge in [0.1, 0.15) is 0 Å². The minimum Gasteiger partial charge on any atom is -0.465 e. The summed E-state index contributed by atoms with van der Waals surface area (Å²) in [5.74, 6) is -1.72. The largest absolute Gasteiger partial charge is 0.465 e. The molecule has 2 aromatic carbocycles. The summed E-state index contributed by atoms with van der Waals surface area (Å²) in [4.78, 5) is 52.1. The van der Waals surface area contributed by atoms with E-state index in [0.29, 0.717) is 11.4 Å². The number of carbonyl (C=O) groups excluding carboxylic acids is 3. The first-order valence-electron chi connectivity index (χ1n) is 8.96. The van der Waals surface area contributed by atoms with Crippen LogP contribution in [0.5, 0.6) is 0 Å². The first-order chi connectivity index (χ1) is 14.3. The number of nitro benzene ring substituents is 1. The SMILES string of the molecule is COC(=O)c1c(C)[nH]c(C)c1C(=O)c1ccccc1C(=O)c1cccc([N+](=O)[O-])c1. The number of ether oxygens (including phenoxy) is 1. The monoisotopic (exact) mass is 406 g/mol. The molecule has 0 radical (unpaired) electrons. The molecule has 0 saturated heterocycles. The van der Waals surface area contributed by atoms with Crippen LogP contribution in [0.15, 0.2) is 48.5 Å². The van der Waals surface area contributed by atoms with E-state index >= 15 is 0 Å². The zero-order valence-corrected chi connectivity index (χ0v) is 16.5. The van der Waals surface area contributed by atoms with E-state index in [1.807, 2.05) is 0 Å². The molecule has 1 heterocycles. The number of benzene rings is 2. The van der Waals surface area contributed by atoms with E-state index in [1.165, 1.54) is 37.4 Å². The first-order valence-corrected chi connectivity index (χ1v) is 8.96. The van der Waals surface area contributed by atoms with Crippen LogP contribution in [0.3, 0.4) is 0 Å². The zero-order valence-electron chi connectivity index (χ0n) is 16.5. The van der Waals surface area contributed by atoms with Gasteiger partial charge >= 0.3 is 5.97 Å². The summed E-state index contributed by atoms with van der Waals surface area (Å²) in [6.07, 6.45) is 0. The highest BCUT2D eigenvalue weighted by Crippen LogP contribution is 2.26. The zero-order chi connectivity index (χ0) is 22.0. The second-order valence-electron chi connectivity index (χ2n) is 6.63. The number of hydrogen-bond donors (Lipinski definition) is 1. The number of aromatic nitrogens is 1. The lowest BCUT2D eigenvalue weighted by molar-refractivity contribution is -0.384. The lowest BCUT2D eigenvalue weighted by atomic mass is 9.91. The summed E-state index contributed by atoms with van der Waals surface area (Å²) in [6, 6.07) is 11.4. The fourth-order valence-electron chi connectivity index (χ4n) is 3.35. The molecule has 1 aromatic heterocycles. The fourth-order valence-corrected chi connectivity index (χ4v) is 3.35. The third-order valence-electron chi connectivity index (χ3n) is 4.73.